The van der Waals surface area contributed by atoms with E-state index in [2.05, 4.69) is 171 Å². The molecule has 0 atom stereocenters. The SMILES string of the molecule is C=C(/C=C(\N=C(C)c1ccc(-c2cccc3ccccc23)cc1)c1ccc2ccccc2c1)c1ccc2ccccc2c1. The number of hydrogen-bond acceptors (Lipinski definition) is 1. The first-order valence-corrected chi connectivity index (χ1v) is 14.7. The molecular formula is C42H31N. The summed E-state index contributed by atoms with van der Waals surface area (Å²) in [7, 11) is 0. The van der Waals surface area contributed by atoms with Crippen LogP contribution in [0.2, 0.25) is 0 Å². The first-order chi connectivity index (χ1) is 21.1. The minimum absolute atomic E-state index is 0.888. The summed E-state index contributed by atoms with van der Waals surface area (Å²) in [5, 5.41) is 7.33. The second-order valence-electron chi connectivity index (χ2n) is 11.0. The van der Waals surface area contributed by atoms with Gasteiger partial charge in [0.25, 0.3) is 0 Å². The zero-order chi connectivity index (χ0) is 29.2. The Morgan fingerprint density at radius 2 is 1.05 bits per heavy atom. The molecule has 0 heterocycles. The van der Waals surface area contributed by atoms with Crippen molar-refractivity contribution in [2.75, 3.05) is 0 Å². The van der Waals surface area contributed by atoms with E-state index in [0.29, 0.717) is 0 Å². The van der Waals surface area contributed by atoms with Crippen molar-refractivity contribution in [3.8, 4) is 11.1 Å². The number of nitrogens with zero attached hydrogens (tertiary/aromatic N) is 1. The Bertz CT molecular complexity index is 2190. The summed E-state index contributed by atoms with van der Waals surface area (Å²) in [6.45, 7) is 6.55. The second-order valence-corrected chi connectivity index (χ2v) is 11.0. The third-order valence-corrected chi connectivity index (χ3v) is 8.17. The predicted octanol–water partition coefficient (Wildman–Crippen LogP) is 11.4. The van der Waals surface area contributed by atoms with Crippen molar-refractivity contribution in [3.05, 3.63) is 181 Å². The third kappa shape index (κ3) is 5.41. The number of rotatable bonds is 6. The molecule has 43 heavy (non-hydrogen) atoms. The van der Waals surface area contributed by atoms with Crippen LogP contribution in [-0.4, -0.2) is 5.71 Å². The van der Waals surface area contributed by atoms with Crippen LogP contribution < -0.4 is 0 Å². The minimum Gasteiger partial charge on any atom is -0.252 e. The van der Waals surface area contributed by atoms with Gasteiger partial charge in [0.15, 0.2) is 0 Å². The lowest BCUT2D eigenvalue weighted by Crippen LogP contribution is -1.96. The highest BCUT2D eigenvalue weighted by Gasteiger charge is 2.09. The molecule has 1 nitrogen and oxygen atoms in total. The standard InChI is InChI=1S/C42H31N/c1-29(36-24-20-32-10-3-5-13-37(32)27-36)26-42(39-25-21-33-11-4-6-14-38(33)28-39)43-30(2)31-18-22-35(23-19-31)41-17-9-15-34-12-7-8-16-40(34)41/h3-28H,1H2,2H3/b42-26-,43-30?. The fourth-order valence-electron chi connectivity index (χ4n) is 5.78. The van der Waals surface area contributed by atoms with E-state index < -0.39 is 0 Å². The van der Waals surface area contributed by atoms with Crippen LogP contribution in [0.5, 0.6) is 0 Å². The van der Waals surface area contributed by atoms with Gasteiger partial charge >= 0.3 is 0 Å². The van der Waals surface area contributed by atoms with E-state index in [4.69, 9.17) is 4.99 Å². The van der Waals surface area contributed by atoms with Gasteiger partial charge in [0.1, 0.15) is 0 Å². The summed E-state index contributed by atoms with van der Waals surface area (Å²) in [6.07, 6.45) is 2.11. The van der Waals surface area contributed by atoms with Crippen LogP contribution in [0, 0.1) is 0 Å². The largest absolute Gasteiger partial charge is 0.252 e. The van der Waals surface area contributed by atoms with Crippen molar-refractivity contribution >= 4 is 49.3 Å². The molecule has 0 unspecified atom stereocenters. The van der Waals surface area contributed by atoms with E-state index >= 15 is 0 Å². The molecule has 7 aromatic carbocycles. The van der Waals surface area contributed by atoms with Gasteiger partial charge in [-0.05, 0) is 85.3 Å². The van der Waals surface area contributed by atoms with Crippen LogP contribution in [0.3, 0.4) is 0 Å². The lowest BCUT2D eigenvalue weighted by atomic mass is 9.97. The Morgan fingerprint density at radius 1 is 0.512 bits per heavy atom. The number of allylic oxidation sites excluding steroid dienone is 2. The molecule has 0 N–H and O–H groups in total. The smallest absolute Gasteiger partial charge is 0.0711 e. The Balaban J connectivity index is 1.28. The van der Waals surface area contributed by atoms with Gasteiger partial charge in [0.2, 0.25) is 0 Å². The number of fused-ring (bicyclic) bond motifs is 3. The second kappa shape index (κ2) is 11.4. The van der Waals surface area contributed by atoms with Gasteiger partial charge in [-0.15, -0.1) is 0 Å². The fraction of sp³-hybridized carbons (Fsp3) is 0.0238. The molecule has 204 valence electrons. The van der Waals surface area contributed by atoms with Crippen LogP contribution in [-0.2, 0) is 0 Å². The molecule has 0 bridgehead atoms. The van der Waals surface area contributed by atoms with Gasteiger partial charge < -0.3 is 0 Å². The Labute approximate surface area is 252 Å². The number of hydrogen-bond donors (Lipinski definition) is 0. The molecule has 7 aromatic rings. The molecule has 0 aromatic heterocycles. The van der Waals surface area contributed by atoms with E-state index in [1.54, 1.807) is 0 Å². The van der Waals surface area contributed by atoms with Crippen molar-refractivity contribution in [2.24, 2.45) is 4.99 Å². The van der Waals surface area contributed by atoms with Crippen molar-refractivity contribution in [1.29, 1.82) is 0 Å². The minimum atomic E-state index is 0.888. The molecule has 0 aliphatic rings. The predicted molar refractivity (Wildman–Crippen MR) is 187 cm³/mol. The fourth-order valence-corrected chi connectivity index (χ4v) is 5.78. The normalized spacial score (nSPS) is 12.2. The highest BCUT2D eigenvalue weighted by atomic mass is 14.8. The van der Waals surface area contributed by atoms with E-state index in [1.165, 1.54) is 43.4 Å². The van der Waals surface area contributed by atoms with Crippen LogP contribution in [0.15, 0.2) is 169 Å². The average molecular weight is 550 g/mol. The average Bonchev–Trinajstić information content (AvgIpc) is 3.07. The van der Waals surface area contributed by atoms with Crippen molar-refractivity contribution < 1.29 is 0 Å². The number of aliphatic imine (C=N–C) groups is 1. The molecule has 0 aliphatic heterocycles. The first-order valence-electron chi connectivity index (χ1n) is 14.7. The highest BCUT2D eigenvalue weighted by Crippen LogP contribution is 2.30. The Kier molecular flexibility index (Phi) is 6.99. The molecule has 1 heteroatoms. The van der Waals surface area contributed by atoms with Crippen molar-refractivity contribution in [2.45, 2.75) is 6.92 Å². The lowest BCUT2D eigenvalue weighted by Gasteiger charge is -2.11. The molecule has 0 saturated carbocycles. The first kappa shape index (κ1) is 26.4. The summed E-state index contributed by atoms with van der Waals surface area (Å²) in [5.41, 5.74) is 8.45. The third-order valence-electron chi connectivity index (χ3n) is 8.17. The Hall–Kier alpha value is -5.53. The van der Waals surface area contributed by atoms with Gasteiger partial charge in [-0.2, -0.15) is 0 Å². The zero-order valence-corrected chi connectivity index (χ0v) is 24.2. The quantitative estimate of drug-likeness (QED) is 0.144. The number of benzene rings is 7. The van der Waals surface area contributed by atoms with E-state index in [-0.39, 0.29) is 0 Å². The Morgan fingerprint density at radius 3 is 1.74 bits per heavy atom. The topological polar surface area (TPSA) is 12.4 Å². The van der Waals surface area contributed by atoms with Gasteiger partial charge in [-0.1, -0.05) is 146 Å². The monoisotopic (exact) mass is 549 g/mol. The van der Waals surface area contributed by atoms with E-state index in [0.717, 1.165) is 33.7 Å². The van der Waals surface area contributed by atoms with Crippen LogP contribution in [0.25, 0.3) is 54.7 Å². The molecule has 7 rings (SSSR count). The van der Waals surface area contributed by atoms with Crippen LogP contribution in [0.4, 0.5) is 0 Å². The zero-order valence-electron chi connectivity index (χ0n) is 24.2. The maximum absolute atomic E-state index is 5.22. The van der Waals surface area contributed by atoms with Gasteiger partial charge in [-0.25, -0.2) is 0 Å². The molecule has 0 radical (unpaired) electrons. The summed E-state index contributed by atoms with van der Waals surface area (Å²) < 4.78 is 0. The van der Waals surface area contributed by atoms with Gasteiger partial charge in [0.05, 0.1) is 5.70 Å². The summed E-state index contributed by atoms with van der Waals surface area (Å²) in [6, 6.07) is 53.7. The molecule has 0 fully saturated rings. The lowest BCUT2D eigenvalue weighted by molar-refractivity contribution is 1.48. The maximum atomic E-state index is 5.22. The summed E-state index contributed by atoms with van der Waals surface area (Å²) in [5.74, 6) is 0. The van der Waals surface area contributed by atoms with E-state index in [1.807, 2.05) is 0 Å². The molecule has 0 aliphatic carbocycles. The molecule has 0 amide bonds. The van der Waals surface area contributed by atoms with Crippen molar-refractivity contribution in [1.82, 2.24) is 0 Å². The van der Waals surface area contributed by atoms with Crippen LogP contribution >= 0.6 is 0 Å². The molecule has 0 saturated heterocycles. The van der Waals surface area contributed by atoms with Crippen LogP contribution in [0.1, 0.15) is 23.6 Å². The molecular weight excluding hydrogens is 518 g/mol. The maximum Gasteiger partial charge on any atom is 0.0711 e. The van der Waals surface area contributed by atoms with E-state index in [9.17, 15) is 0 Å². The van der Waals surface area contributed by atoms with Gasteiger partial charge in [0, 0.05) is 11.3 Å². The van der Waals surface area contributed by atoms with Gasteiger partial charge in [-0.3, -0.25) is 4.99 Å². The molecule has 0 spiro atoms. The summed E-state index contributed by atoms with van der Waals surface area (Å²) in [4.78, 5) is 5.22. The summed E-state index contributed by atoms with van der Waals surface area (Å²) >= 11 is 0. The highest BCUT2D eigenvalue weighted by molar-refractivity contribution is 6.04. The van der Waals surface area contributed by atoms with Crippen molar-refractivity contribution in [3.63, 3.8) is 0 Å².